The smallest absolute Gasteiger partial charge is 0.338 e. The number of carbonyl (C=O) groups is 1. The zero-order valence-corrected chi connectivity index (χ0v) is 27.7. The van der Waals surface area contributed by atoms with E-state index in [1.54, 1.807) is 30.4 Å². The molecule has 0 fully saturated rings. The van der Waals surface area contributed by atoms with E-state index in [4.69, 9.17) is 14.5 Å². The van der Waals surface area contributed by atoms with E-state index in [1.807, 2.05) is 54.6 Å². The number of thiazole rings is 1. The maximum absolute atomic E-state index is 14.5. The summed E-state index contributed by atoms with van der Waals surface area (Å²) >= 11 is 3.07. The molecule has 4 aromatic carbocycles. The molecule has 2 aliphatic heterocycles. The maximum atomic E-state index is 14.5. The maximum Gasteiger partial charge on any atom is 0.338 e. The van der Waals surface area contributed by atoms with E-state index in [0.717, 1.165) is 38.9 Å². The van der Waals surface area contributed by atoms with Gasteiger partial charge in [-0.2, -0.15) is 0 Å². The number of fused-ring (bicyclic) bond motifs is 4. The summed E-state index contributed by atoms with van der Waals surface area (Å²) in [7, 11) is 3.69. The SMILES string of the molecule is CCCC1=C(C(=O)OCC)[C@H](c2c(OC)ccc3ccccc23)n2c(s/c(=C/c3ccc4c(c3)Sc3ccccc3N4C)c2=O)=N1. The number of nitrogens with zero attached hydrogens (tertiary/aromatic N) is 3. The number of rotatable bonds is 7. The largest absolute Gasteiger partial charge is 0.496 e. The summed E-state index contributed by atoms with van der Waals surface area (Å²) in [6, 6.07) is 25.7. The van der Waals surface area contributed by atoms with Crippen LogP contribution in [0.2, 0.25) is 0 Å². The van der Waals surface area contributed by atoms with Crippen molar-refractivity contribution in [3.05, 3.63) is 121 Å². The Morgan fingerprint density at radius 3 is 2.57 bits per heavy atom. The van der Waals surface area contributed by atoms with Crippen LogP contribution in [0.15, 0.2) is 110 Å². The van der Waals surface area contributed by atoms with Crippen LogP contribution in [-0.4, -0.2) is 31.3 Å². The summed E-state index contributed by atoms with van der Waals surface area (Å²) in [4.78, 5) is 38.3. The first kappa shape index (κ1) is 30.1. The van der Waals surface area contributed by atoms with Gasteiger partial charge in [0.15, 0.2) is 4.80 Å². The Balaban J connectivity index is 1.45. The normalized spacial score (nSPS) is 15.7. The fourth-order valence-electron chi connectivity index (χ4n) is 6.33. The van der Waals surface area contributed by atoms with Crippen LogP contribution >= 0.6 is 23.1 Å². The van der Waals surface area contributed by atoms with Gasteiger partial charge in [0.25, 0.3) is 5.56 Å². The van der Waals surface area contributed by atoms with Crippen LogP contribution in [0.4, 0.5) is 11.4 Å². The Labute approximate surface area is 275 Å². The highest BCUT2D eigenvalue weighted by Crippen LogP contribution is 2.47. The number of methoxy groups -OCH3 is 1. The van der Waals surface area contributed by atoms with Gasteiger partial charge in [-0.3, -0.25) is 9.36 Å². The molecule has 46 heavy (non-hydrogen) atoms. The Morgan fingerprint density at radius 1 is 0.978 bits per heavy atom. The highest BCUT2D eigenvalue weighted by Gasteiger charge is 2.37. The predicted molar refractivity (Wildman–Crippen MR) is 185 cm³/mol. The average molecular weight is 648 g/mol. The van der Waals surface area contributed by atoms with Gasteiger partial charge in [-0.15, -0.1) is 0 Å². The summed E-state index contributed by atoms with van der Waals surface area (Å²) < 4.78 is 13.7. The Kier molecular flexibility index (Phi) is 8.04. The number of esters is 1. The molecule has 2 aliphatic rings. The lowest BCUT2D eigenvalue weighted by molar-refractivity contribution is -0.139. The zero-order chi connectivity index (χ0) is 31.9. The summed E-state index contributed by atoms with van der Waals surface area (Å²) in [6.45, 7) is 4.05. The Bertz CT molecular complexity index is 2230. The molecule has 5 aromatic rings. The minimum absolute atomic E-state index is 0.210. The minimum atomic E-state index is -0.774. The standard InChI is InChI=1S/C37H33N3O4S2/c1-5-11-25-33(36(42)44-6-2)34(32-24-13-8-7-12-23(24)17-19-28(32)43-4)40-35(41)31(46-37(40)38-25)21-22-16-18-27-30(20-22)45-29-15-10-9-14-26(29)39(27)3/h7-10,12-21,34H,5-6,11H2,1-4H3/b31-21+/t34-/m0/s1. The number of anilines is 2. The van der Waals surface area contributed by atoms with Crippen molar-refractivity contribution in [2.24, 2.45) is 4.99 Å². The third-order valence-corrected chi connectivity index (χ3v) is 10.5. The van der Waals surface area contributed by atoms with Crippen molar-refractivity contribution < 1.29 is 14.3 Å². The van der Waals surface area contributed by atoms with Gasteiger partial charge in [0.1, 0.15) is 11.8 Å². The van der Waals surface area contributed by atoms with Crippen molar-refractivity contribution >= 4 is 57.3 Å². The van der Waals surface area contributed by atoms with Crippen LogP contribution in [0.5, 0.6) is 5.75 Å². The second kappa shape index (κ2) is 12.3. The van der Waals surface area contributed by atoms with Crippen molar-refractivity contribution in [2.75, 3.05) is 25.7 Å². The molecular weight excluding hydrogens is 615 g/mol. The highest BCUT2D eigenvalue weighted by atomic mass is 32.2. The van der Waals surface area contributed by atoms with Crippen molar-refractivity contribution in [3.8, 4) is 5.75 Å². The quantitative estimate of drug-likeness (QED) is 0.178. The Hall–Kier alpha value is -4.60. The molecule has 0 amide bonds. The van der Waals surface area contributed by atoms with Gasteiger partial charge < -0.3 is 14.4 Å². The minimum Gasteiger partial charge on any atom is -0.496 e. The number of hydrogen-bond donors (Lipinski definition) is 0. The van der Waals surface area contributed by atoms with E-state index < -0.39 is 12.0 Å². The molecule has 0 aliphatic carbocycles. The van der Waals surface area contributed by atoms with E-state index in [0.29, 0.717) is 32.8 Å². The molecule has 9 heteroatoms. The zero-order valence-electron chi connectivity index (χ0n) is 26.1. The third-order valence-electron chi connectivity index (χ3n) is 8.41. The fraction of sp³-hybridized carbons (Fsp3) is 0.216. The molecule has 3 heterocycles. The molecule has 7 rings (SSSR count). The topological polar surface area (TPSA) is 73.1 Å². The van der Waals surface area contributed by atoms with Gasteiger partial charge in [-0.1, -0.05) is 85.0 Å². The first-order valence-corrected chi connectivity index (χ1v) is 17.0. The van der Waals surface area contributed by atoms with Crippen LogP contribution in [0, 0.1) is 0 Å². The fourth-order valence-corrected chi connectivity index (χ4v) is 8.55. The summed E-state index contributed by atoms with van der Waals surface area (Å²) in [5.41, 5.74) is 4.76. The van der Waals surface area contributed by atoms with Crippen LogP contribution < -0.4 is 24.5 Å². The number of para-hydroxylation sites is 1. The second-order valence-electron chi connectivity index (χ2n) is 11.2. The van der Waals surface area contributed by atoms with Gasteiger partial charge in [-0.05, 0) is 66.1 Å². The van der Waals surface area contributed by atoms with E-state index in [1.165, 1.54) is 21.9 Å². The first-order valence-electron chi connectivity index (χ1n) is 15.4. The molecule has 1 atom stereocenters. The lowest BCUT2D eigenvalue weighted by atomic mass is 9.90. The highest BCUT2D eigenvalue weighted by molar-refractivity contribution is 7.99. The monoisotopic (exact) mass is 647 g/mol. The summed E-state index contributed by atoms with van der Waals surface area (Å²) in [5, 5.41) is 1.88. The molecular formula is C37H33N3O4S2. The van der Waals surface area contributed by atoms with E-state index >= 15 is 0 Å². The van der Waals surface area contributed by atoms with Crippen LogP contribution in [0.1, 0.15) is 43.9 Å². The van der Waals surface area contributed by atoms with Gasteiger partial charge in [0, 0.05) is 22.4 Å². The van der Waals surface area contributed by atoms with E-state index in [2.05, 4.69) is 49.2 Å². The number of hydrogen-bond acceptors (Lipinski definition) is 8. The number of carbonyl (C=O) groups excluding carboxylic acids is 1. The summed E-state index contributed by atoms with van der Waals surface area (Å²) in [5.74, 6) is 0.119. The van der Waals surface area contributed by atoms with Crippen molar-refractivity contribution in [1.29, 1.82) is 0 Å². The molecule has 0 radical (unpaired) electrons. The van der Waals surface area contributed by atoms with Gasteiger partial charge in [0.2, 0.25) is 0 Å². The van der Waals surface area contributed by atoms with E-state index in [9.17, 15) is 9.59 Å². The first-order chi connectivity index (χ1) is 22.4. The molecule has 0 saturated carbocycles. The molecule has 0 N–H and O–H groups in total. The van der Waals surface area contributed by atoms with Crippen molar-refractivity contribution in [3.63, 3.8) is 0 Å². The van der Waals surface area contributed by atoms with Crippen molar-refractivity contribution in [2.45, 2.75) is 42.5 Å². The lowest BCUT2D eigenvalue weighted by Crippen LogP contribution is -2.40. The van der Waals surface area contributed by atoms with Crippen LogP contribution in [0.25, 0.3) is 16.8 Å². The second-order valence-corrected chi connectivity index (χ2v) is 13.3. The molecule has 7 nitrogen and oxygen atoms in total. The van der Waals surface area contributed by atoms with Crippen LogP contribution in [-0.2, 0) is 9.53 Å². The van der Waals surface area contributed by atoms with Crippen LogP contribution in [0.3, 0.4) is 0 Å². The number of allylic oxidation sites excluding steroid dienone is 1. The number of benzene rings is 4. The molecule has 232 valence electrons. The van der Waals surface area contributed by atoms with Gasteiger partial charge in [0.05, 0.1) is 40.9 Å². The number of aromatic nitrogens is 1. The van der Waals surface area contributed by atoms with Crippen molar-refractivity contribution in [1.82, 2.24) is 4.57 Å². The summed E-state index contributed by atoms with van der Waals surface area (Å²) in [6.07, 6.45) is 3.27. The number of ether oxygens (including phenoxy) is 2. The molecule has 0 bridgehead atoms. The Morgan fingerprint density at radius 2 is 1.76 bits per heavy atom. The molecule has 0 saturated heterocycles. The van der Waals surface area contributed by atoms with E-state index in [-0.39, 0.29) is 12.2 Å². The predicted octanol–water partition coefficient (Wildman–Crippen LogP) is 6.97. The van der Waals surface area contributed by atoms with Gasteiger partial charge in [-0.25, -0.2) is 9.79 Å². The molecule has 1 aromatic heterocycles. The lowest BCUT2D eigenvalue weighted by Gasteiger charge is -2.29. The van der Waals surface area contributed by atoms with Gasteiger partial charge >= 0.3 is 5.97 Å². The average Bonchev–Trinajstić information content (AvgIpc) is 3.37. The third kappa shape index (κ3) is 5.04. The molecule has 0 spiro atoms. The molecule has 0 unspecified atom stereocenters.